The van der Waals surface area contributed by atoms with E-state index in [1.165, 1.54) is 6.07 Å². The van der Waals surface area contributed by atoms with Gasteiger partial charge in [-0.3, -0.25) is 0 Å². The molecule has 0 fully saturated rings. The summed E-state index contributed by atoms with van der Waals surface area (Å²) in [7, 11) is 3.52. The minimum absolute atomic E-state index is 0.0403. The Hall–Kier alpha value is -1.82. The molecule has 6 heteroatoms. The second-order valence-electron chi connectivity index (χ2n) is 5.57. The number of nitrogens with one attached hydrogen (secondary N) is 2. The summed E-state index contributed by atoms with van der Waals surface area (Å²) in [5.41, 5.74) is 1.29. The standard InChI is InChI=1S/C19H24ClFN2O2/c1-22-10-5-11-23-12-14-6-3-9-18(24-2)19(14)25-13-15-16(20)7-4-8-17(15)21/h3-4,6-9,22-23H,5,10-13H2,1-2H3. The molecule has 0 aliphatic carbocycles. The highest BCUT2D eigenvalue weighted by Gasteiger charge is 2.13. The first-order valence-electron chi connectivity index (χ1n) is 8.24. The lowest BCUT2D eigenvalue weighted by molar-refractivity contribution is 0.276. The van der Waals surface area contributed by atoms with Gasteiger partial charge in [0.25, 0.3) is 0 Å². The van der Waals surface area contributed by atoms with E-state index in [-0.39, 0.29) is 12.4 Å². The largest absolute Gasteiger partial charge is 0.493 e. The molecule has 0 saturated heterocycles. The summed E-state index contributed by atoms with van der Waals surface area (Å²) >= 11 is 6.07. The van der Waals surface area contributed by atoms with Crippen molar-refractivity contribution in [1.29, 1.82) is 0 Å². The zero-order valence-corrected chi connectivity index (χ0v) is 15.3. The van der Waals surface area contributed by atoms with Gasteiger partial charge in [-0.05, 0) is 44.8 Å². The number of ether oxygens (including phenoxy) is 2. The predicted octanol–water partition coefficient (Wildman–Crippen LogP) is 3.77. The fraction of sp³-hybridized carbons (Fsp3) is 0.368. The van der Waals surface area contributed by atoms with Crippen LogP contribution in [0, 0.1) is 5.82 Å². The summed E-state index contributed by atoms with van der Waals surface area (Å²) < 4.78 is 25.2. The molecule has 0 atom stereocenters. The molecule has 0 aromatic heterocycles. The summed E-state index contributed by atoms with van der Waals surface area (Å²) in [6.45, 7) is 2.52. The van der Waals surface area contributed by atoms with Crippen LogP contribution in [-0.4, -0.2) is 27.2 Å². The first kappa shape index (κ1) is 19.5. The lowest BCUT2D eigenvalue weighted by Crippen LogP contribution is -2.20. The van der Waals surface area contributed by atoms with Gasteiger partial charge in [-0.15, -0.1) is 0 Å². The van der Waals surface area contributed by atoms with Crippen LogP contribution in [0.3, 0.4) is 0 Å². The van der Waals surface area contributed by atoms with Crippen LogP contribution in [0.25, 0.3) is 0 Å². The Morgan fingerprint density at radius 3 is 2.64 bits per heavy atom. The second-order valence-corrected chi connectivity index (χ2v) is 5.98. The van der Waals surface area contributed by atoms with Crippen molar-refractivity contribution in [3.8, 4) is 11.5 Å². The Morgan fingerprint density at radius 1 is 1.12 bits per heavy atom. The summed E-state index contributed by atoms with van der Waals surface area (Å²) in [6.07, 6.45) is 1.03. The number of rotatable bonds is 10. The molecule has 0 saturated carbocycles. The van der Waals surface area contributed by atoms with Crippen LogP contribution in [0.15, 0.2) is 36.4 Å². The molecule has 0 radical (unpaired) electrons. The minimum Gasteiger partial charge on any atom is -0.493 e. The van der Waals surface area contributed by atoms with Crippen LogP contribution in [0.5, 0.6) is 11.5 Å². The molecule has 0 heterocycles. The Bertz CT molecular complexity index is 662. The second kappa shape index (κ2) is 10.2. The van der Waals surface area contributed by atoms with E-state index in [9.17, 15) is 4.39 Å². The van der Waals surface area contributed by atoms with Gasteiger partial charge in [0.15, 0.2) is 11.5 Å². The number of hydrogen-bond donors (Lipinski definition) is 2. The first-order valence-corrected chi connectivity index (χ1v) is 8.62. The molecule has 2 rings (SSSR count). The van der Waals surface area contributed by atoms with Gasteiger partial charge in [0.05, 0.1) is 12.1 Å². The molecule has 2 aromatic carbocycles. The van der Waals surface area contributed by atoms with Crippen LogP contribution in [0.2, 0.25) is 5.02 Å². The molecule has 0 aliphatic rings. The third-order valence-electron chi connectivity index (χ3n) is 3.80. The average molecular weight is 367 g/mol. The smallest absolute Gasteiger partial charge is 0.166 e. The zero-order valence-electron chi connectivity index (χ0n) is 14.6. The molecule has 4 nitrogen and oxygen atoms in total. The van der Waals surface area contributed by atoms with E-state index in [1.54, 1.807) is 19.2 Å². The van der Waals surface area contributed by atoms with Crippen LogP contribution < -0.4 is 20.1 Å². The molecule has 0 spiro atoms. The van der Waals surface area contributed by atoms with Gasteiger partial charge in [-0.25, -0.2) is 4.39 Å². The predicted molar refractivity (Wildman–Crippen MR) is 99.0 cm³/mol. The Balaban J connectivity index is 2.09. The fourth-order valence-corrected chi connectivity index (χ4v) is 2.67. The van der Waals surface area contributed by atoms with Gasteiger partial charge < -0.3 is 20.1 Å². The van der Waals surface area contributed by atoms with E-state index >= 15 is 0 Å². The van der Waals surface area contributed by atoms with Crippen molar-refractivity contribution >= 4 is 11.6 Å². The highest BCUT2D eigenvalue weighted by Crippen LogP contribution is 2.32. The van der Waals surface area contributed by atoms with Crippen molar-refractivity contribution < 1.29 is 13.9 Å². The van der Waals surface area contributed by atoms with Crippen molar-refractivity contribution in [2.24, 2.45) is 0 Å². The van der Waals surface area contributed by atoms with Crippen molar-refractivity contribution in [3.63, 3.8) is 0 Å². The van der Waals surface area contributed by atoms with Crippen molar-refractivity contribution in [2.45, 2.75) is 19.6 Å². The lowest BCUT2D eigenvalue weighted by Gasteiger charge is -2.16. The number of hydrogen-bond acceptors (Lipinski definition) is 4. The minimum atomic E-state index is -0.380. The topological polar surface area (TPSA) is 42.5 Å². The molecule has 0 aliphatic heterocycles. The molecular formula is C19H24ClFN2O2. The van der Waals surface area contributed by atoms with E-state index in [0.717, 1.165) is 25.1 Å². The number of halogens is 2. The van der Waals surface area contributed by atoms with E-state index < -0.39 is 0 Å². The van der Waals surface area contributed by atoms with Crippen LogP contribution in [0.4, 0.5) is 4.39 Å². The maximum absolute atomic E-state index is 13.9. The average Bonchev–Trinajstić information content (AvgIpc) is 2.61. The summed E-state index contributed by atoms with van der Waals surface area (Å²) in [4.78, 5) is 0. The van der Waals surface area contributed by atoms with Crippen LogP contribution >= 0.6 is 11.6 Å². The highest BCUT2D eigenvalue weighted by atomic mass is 35.5. The molecule has 0 unspecified atom stereocenters. The first-order chi connectivity index (χ1) is 12.2. The third-order valence-corrected chi connectivity index (χ3v) is 4.15. The summed E-state index contributed by atoms with van der Waals surface area (Å²) in [6, 6.07) is 10.3. The van der Waals surface area contributed by atoms with Crippen molar-refractivity contribution in [1.82, 2.24) is 10.6 Å². The van der Waals surface area contributed by atoms with Gasteiger partial charge >= 0.3 is 0 Å². The summed E-state index contributed by atoms with van der Waals surface area (Å²) in [5.74, 6) is 0.835. The maximum Gasteiger partial charge on any atom is 0.166 e. The monoisotopic (exact) mass is 366 g/mol. The van der Waals surface area contributed by atoms with Crippen molar-refractivity contribution in [3.05, 3.63) is 58.4 Å². The maximum atomic E-state index is 13.9. The fourth-order valence-electron chi connectivity index (χ4n) is 2.45. The normalized spacial score (nSPS) is 10.7. The van der Waals surface area contributed by atoms with Gasteiger partial charge in [0.1, 0.15) is 12.4 Å². The molecule has 2 aromatic rings. The molecule has 0 amide bonds. The molecule has 25 heavy (non-hydrogen) atoms. The number of benzene rings is 2. The summed E-state index contributed by atoms with van der Waals surface area (Å²) in [5, 5.41) is 6.83. The van der Waals surface area contributed by atoms with Gasteiger partial charge in [-0.1, -0.05) is 29.8 Å². The number of para-hydroxylation sites is 1. The molecule has 0 bridgehead atoms. The molecule has 2 N–H and O–H groups in total. The van der Waals surface area contributed by atoms with E-state index in [2.05, 4.69) is 10.6 Å². The molecule has 136 valence electrons. The van der Waals surface area contributed by atoms with Gasteiger partial charge in [-0.2, -0.15) is 0 Å². The van der Waals surface area contributed by atoms with E-state index in [0.29, 0.717) is 28.6 Å². The van der Waals surface area contributed by atoms with E-state index in [4.69, 9.17) is 21.1 Å². The Morgan fingerprint density at radius 2 is 1.92 bits per heavy atom. The third kappa shape index (κ3) is 5.59. The van der Waals surface area contributed by atoms with Gasteiger partial charge in [0, 0.05) is 17.7 Å². The van der Waals surface area contributed by atoms with Crippen molar-refractivity contribution in [2.75, 3.05) is 27.2 Å². The number of methoxy groups -OCH3 is 1. The Labute approximate surface area is 153 Å². The Kier molecular flexibility index (Phi) is 7.98. The van der Waals surface area contributed by atoms with Gasteiger partial charge in [0.2, 0.25) is 0 Å². The quantitative estimate of drug-likeness (QED) is 0.628. The lowest BCUT2D eigenvalue weighted by atomic mass is 10.1. The van der Waals surface area contributed by atoms with Crippen LogP contribution in [0.1, 0.15) is 17.5 Å². The zero-order chi connectivity index (χ0) is 18.1. The molecular weight excluding hydrogens is 343 g/mol. The highest BCUT2D eigenvalue weighted by molar-refractivity contribution is 6.31. The van der Waals surface area contributed by atoms with Crippen LogP contribution in [-0.2, 0) is 13.2 Å². The SMILES string of the molecule is CNCCCNCc1cccc(OC)c1OCc1c(F)cccc1Cl. The van der Waals surface area contributed by atoms with E-state index in [1.807, 2.05) is 25.2 Å².